The Labute approximate surface area is 184 Å². The number of carbonyl (C=O) groups is 3. The van der Waals surface area contributed by atoms with Gasteiger partial charge in [0.15, 0.2) is 5.17 Å². The van der Waals surface area contributed by atoms with E-state index in [2.05, 4.69) is 9.73 Å². The summed E-state index contributed by atoms with van der Waals surface area (Å²) >= 11 is 1.10. The fourth-order valence-electron chi connectivity index (χ4n) is 2.77. The summed E-state index contributed by atoms with van der Waals surface area (Å²) in [5.41, 5.74) is 3.04. The molecule has 8 heteroatoms. The van der Waals surface area contributed by atoms with Crippen molar-refractivity contribution in [3.63, 3.8) is 0 Å². The molecule has 0 spiro atoms. The van der Waals surface area contributed by atoms with Gasteiger partial charge in [-0.3, -0.25) is 9.69 Å². The Morgan fingerprint density at radius 3 is 2.39 bits per heavy atom. The second kappa shape index (κ2) is 10.1. The molecule has 0 aromatic heterocycles. The highest BCUT2D eigenvalue weighted by Crippen LogP contribution is 2.34. The van der Waals surface area contributed by atoms with Gasteiger partial charge in [-0.15, -0.1) is 0 Å². The van der Waals surface area contributed by atoms with Gasteiger partial charge < -0.3 is 9.47 Å². The summed E-state index contributed by atoms with van der Waals surface area (Å²) in [4.78, 5) is 42.8. The van der Waals surface area contributed by atoms with Gasteiger partial charge in [-0.25, -0.2) is 14.6 Å². The number of rotatable bonds is 6. The Kier molecular flexibility index (Phi) is 7.25. The van der Waals surface area contributed by atoms with Crippen molar-refractivity contribution < 1.29 is 23.9 Å². The molecule has 160 valence electrons. The number of amides is 1. The van der Waals surface area contributed by atoms with Crippen molar-refractivity contribution in [2.75, 3.05) is 13.7 Å². The lowest BCUT2D eigenvalue weighted by Gasteiger charge is -2.16. The van der Waals surface area contributed by atoms with Crippen LogP contribution in [0.1, 0.15) is 28.4 Å². The van der Waals surface area contributed by atoms with E-state index in [1.807, 2.05) is 31.2 Å². The molecular formula is C23H22N2O5S. The molecule has 3 rings (SSSR count). The topological polar surface area (TPSA) is 85.3 Å². The molecule has 0 atom stereocenters. The molecule has 1 heterocycles. The number of ether oxygens (including phenoxy) is 2. The quantitative estimate of drug-likeness (QED) is 0.501. The summed E-state index contributed by atoms with van der Waals surface area (Å²) in [7, 11) is 1.26. The number of hydrogen-bond acceptors (Lipinski definition) is 7. The summed E-state index contributed by atoms with van der Waals surface area (Å²) in [6, 6.07) is 14.4. The average molecular weight is 439 g/mol. The van der Waals surface area contributed by atoms with Crippen LogP contribution < -0.4 is 0 Å². The monoisotopic (exact) mass is 438 g/mol. The van der Waals surface area contributed by atoms with Crippen LogP contribution in [0.2, 0.25) is 0 Å². The minimum atomic E-state index is -0.605. The minimum absolute atomic E-state index is 0.237. The van der Waals surface area contributed by atoms with Gasteiger partial charge in [0, 0.05) is 6.08 Å². The average Bonchev–Trinajstić information content (AvgIpc) is 3.04. The predicted octanol–water partition coefficient (Wildman–Crippen LogP) is 3.99. The van der Waals surface area contributed by atoms with Crippen molar-refractivity contribution in [3.05, 3.63) is 76.2 Å². The molecule has 1 fully saturated rings. The normalized spacial score (nSPS) is 16.1. The van der Waals surface area contributed by atoms with Crippen LogP contribution in [-0.2, 0) is 25.6 Å². The third kappa shape index (κ3) is 5.61. The first-order chi connectivity index (χ1) is 14.9. The van der Waals surface area contributed by atoms with Crippen LogP contribution in [0.5, 0.6) is 0 Å². The molecule has 2 aromatic rings. The first-order valence-corrected chi connectivity index (χ1v) is 10.4. The van der Waals surface area contributed by atoms with Crippen LogP contribution >= 0.6 is 11.8 Å². The molecule has 1 aliphatic heterocycles. The first kappa shape index (κ1) is 22.3. The van der Waals surface area contributed by atoms with Crippen LogP contribution in [0.25, 0.3) is 0 Å². The van der Waals surface area contributed by atoms with E-state index in [1.54, 1.807) is 31.2 Å². The zero-order valence-corrected chi connectivity index (χ0v) is 18.3. The summed E-state index contributed by atoms with van der Waals surface area (Å²) in [5.74, 6) is -1.33. The lowest BCUT2D eigenvalue weighted by Crippen LogP contribution is -2.28. The number of nitrogens with zero attached hydrogens (tertiary/aromatic N) is 2. The van der Waals surface area contributed by atoms with E-state index in [9.17, 15) is 14.4 Å². The summed E-state index contributed by atoms with van der Waals surface area (Å²) in [6.45, 7) is 4.34. The van der Waals surface area contributed by atoms with Crippen molar-refractivity contribution in [1.29, 1.82) is 0 Å². The molecule has 0 unspecified atom stereocenters. The van der Waals surface area contributed by atoms with Crippen LogP contribution in [0.3, 0.4) is 0 Å². The van der Waals surface area contributed by atoms with Gasteiger partial charge in [0.1, 0.15) is 0 Å². The van der Waals surface area contributed by atoms with E-state index in [0.717, 1.165) is 22.9 Å². The molecule has 0 aliphatic carbocycles. The second-order valence-corrected chi connectivity index (χ2v) is 7.68. The van der Waals surface area contributed by atoms with E-state index in [-0.39, 0.29) is 10.8 Å². The van der Waals surface area contributed by atoms with Gasteiger partial charge in [-0.05, 0) is 55.4 Å². The Morgan fingerprint density at radius 2 is 1.77 bits per heavy atom. The van der Waals surface area contributed by atoms with Crippen LogP contribution in [0, 0.1) is 6.92 Å². The van der Waals surface area contributed by atoms with Gasteiger partial charge in [0.2, 0.25) is 0 Å². The Balaban J connectivity index is 1.91. The molecule has 0 radical (unpaired) electrons. The van der Waals surface area contributed by atoms with Crippen LogP contribution in [0.4, 0.5) is 5.69 Å². The predicted molar refractivity (Wildman–Crippen MR) is 119 cm³/mol. The molecular weight excluding hydrogens is 416 g/mol. The highest BCUT2D eigenvalue weighted by Gasteiger charge is 2.34. The SMILES string of the molecule is CCOC(=O)c1ccc(N=C2S/C(=C/C(=O)OC)C(=O)N2Cc2ccc(C)cc2)cc1. The smallest absolute Gasteiger partial charge is 0.338 e. The van der Waals surface area contributed by atoms with Gasteiger partial charge in [-0.1, -0.05) is 29.8 Å². The second-order valence-electron chi connectivity index (χ2n) is 6.67. The number of carbonyl (C=O) groups excluding carboxylic acids is 3. The molecule has 7 nitrogen and oxygen atoms in total. The van der Waals surface area contributed by atoms with Crippen LogP contribution in [0.15, 0.2) is 64.5 Å². The lowest BCUT2D eigenvalue weighted by molar-refractivity contribution is -0.135. The van der Waals surface area contributed by atoms with Gasteiger partial charge in [-0.2, -0.15) is 0 Å². The van der Waals surface area contributed by atoms with E-state index >= 15 is 0 Å². The zero-order chi connectivity index (χ0) is 22.4. The van der Waals surface area contributed by atoms with Gasteiger partial charge in [0.05, 0.1) is 36.4 Å². The maximum atomic E-state index is 12.9. The van der Waals surface area contributed by atoms with Gasteiger partial charge in [0.25, 0.3) is 5.91 Å². The number of esters is 2. The molecule has 0 N–H and O–H groups in total. The third-order valence-corrected chi connectivity index (χ3v) is 5.41. The maximum absolute atomic E-state index is 12.9. The van der Waals surface area contributed by atoms with Crippen molar-refractivity contribution >= 4 is 40.5 Å². The molecule has 2 aromatic carbocycles. The maximum Gasteiger partial charge on any atom is 0.338 e. The molecule has 31 heavy (non-hydrogen) atoms. The molecule has 0 saturated carbocycles. The number of hydrogen-bond donors (Lipinski definition) is 0. The molecule has 1 aliphatic rings. The summed E-state index contributed by atoms with van der Waals surface area (Å²) < 4.78 is 9.64. The van der Waals surface area contributed by atoms with Crippen molar-refractivity contribution in [2.24, 2.45) is 4.99 Å². The molecule has 0 bridgehead atoms. The fraction of sp³-hybridized carbons (Fsp3) is 0.217. The van der Waals surface area contributed by atoms with Crippen molar-refractivity contribution in [3.8, 4) is 0 Å². The van der Waals surface area contributed by atoms with E-state index in [4.69, 9.17) is 4.74 Å². The Hall–Kier alpha value is -3.39. The fourth-order valence-corrected chi connectivity index (χ4v) is 3.73. The third-order valence-electron chi connectivity index (χ3n) is 4.40. The van der Waals surface area contributed by atoms with E-state index in [1.165, 1.54) is 18.1 Å². The Morgan fingerprint density at radius 1 is 1.10 bits per heavy atom. The summed E-state index contributed by atoms with van der Waals surface area (Å²) in [5, 5.41) is 0.435. The summed E-state index contributed by atoms with van der Waals surface area (Å²) in [6.07, 6.45) is 1.17. The largest absolute Gasteiger partial charge is 0.466 e. The number of methoxy groups -OCH3 is 1. The lowest BCUT2D eigenvalue weighted by atomic mass is 10.1. The van der Waals surface area contributed by atoms with Gasteiger partial charge >= 0.3 is 11.9 Å². The number of thioether (sulfide) groups is 1. The highest BCUT2D eigenvalue weighted by molar-refractivity contribution is 8.18. The van der Waals surface area contributed by atoms with Crippen molar-refractivity contribution in [2.45, 2.75) is 20.4 Å². The molecule has 1 saturated heterocycles. The van der Waals surface area contributed by atoms with Crippen molar-refractivity contribution in [1.82, 2.24) is 4.90 Å². The minimum Gasteiger partial charge on any atom is -0.466 e. The number of aliphatic imine (C=N–C) groups is 1. The zero-order valence-electron chi connectivity index (χ0n) is 17.5. The number of benzene rings is 2. The molecule has 1 amide bonds. The van der Waals surface area contributed by atoms with E-state index < -0.39 is 11.9 Å². The van der Waals surface area contributed by atoms with E-state index in [0.29, 0.717) is 29.6 Å². The Bertz CT molecular complexity index is 1040. The first-order valence-electron chi connectivity index (χ1n) is 9.62. The highest BCUT2D eigenvalue weighted by atomic mass is 32.2. The number of aryl methyl sites for hydroxylation is 1. The number of amidine groups is 1. The standard InChI is InChI=1S/C23H22N2O5S/c1-4-30-22(28)17-9-11-18(12-10-17)24-23-25(14-16-7-5-15(2)6-8-16)21(27)19(31-23)13-20(26)29-3/h5-13H,4,14H2,1-3H3/b19-13+,24-23?. The van der Waals surface area contributed by atoms with Crippen LogP contribution in [-0.4, -0.2) is 41.6 Å².